The van der Waals surface area contributed by atoms with Crippen LogP contribution in [0, 0.1) is 0 Å². The minimum Gasteiger partial charge on any atom is -0.469 e. The Bertz CT molecular complexity index is 725. The van der Waals surface area contributed by atoms with E-state index in [1.807, 2.05) is 24.3 Å². The third kappa shape index (κ3) is 7.33. The maximum Gasteiger partial charge on any atom is 0.306 e. The lowest BCUT2D eigenvalue weighted by Crippen LogP contribution is -2.13. The zero-order valence-electron chi connectivity index (χ0n) is 14.4. The molecule has 6 nitrogen and oxygen atoms in total. The number of benzene rings is 1. The van der Waals surface area contributed by atoms with E-state index in [9.17, 15) is 9.59 Å². The van der Waals surface area contributed by atoms with Crippen LogP contribution in [0.2, 0.25) is 0 Å². The Morgan fingerprint density at radius 3 is 2.92 bits per heavy atom. The number of nitrogens with one attached hydrogen (secondary N) is 1. The minimum absolute atomic E-state index is 0. The van der Waals surface area contributed by atoms with Gasteiger partial charge in [-0.1, -0.05) is 12.1 Å². The van der Waals surface area contributed by atoms with Gasteiger partial charge in [-0.15, -0.1) is 23.7 Å². The average Bonchev–Trinajstić information content (AvgIpc) is 3.08. The molecule has 26 heavy (non-hydrogen) atoms. The van der Waals surface area contributed by atoms with E-state index in [2.05, 4.69) is 15.0 Å². The number of carbonyl (C=O) groups excluding carboxylic acids is 2. The molecule has 9 heteroatoms. The van der Waals surface area contributed by atoms with Crippen LogP contribution in [0.5, 0.6) is 0 Å². The third-order valence-electron chi connectivity index (χ3n) is 3.27. The molecule has 0 aliphatic rings. The SMILES string of the molecule is COC(=O)CCSCc1cccc(NC(=O)c2csc(CCN)n2)c1.Cl. The van der Waals surface area contributed by atoms with E-state index in [0.29, 0.717) is 30.8 Å². The molecule has 0 fully saturated rings. The van der Waals surface area contributed by atoms with Crippen molar-refractivity contribution in [3.8, 4) is 0 Å². The number of hydrogen-bond donors (Lipinski definition) is 2. The topological polar surface area (TPSA) is 94.3 Å². The lowest BCUT2D eigenvalue weighted by atomic mass is 10.2. The molecule has 2 aromatic rings. The molecule has 0 aliphatic heterocycles. The van der Waals surface area contributed by atoms with Crippen LogP contribution in [-0.2, 0) is 21.7 Å². The molecule has 0 unspecified atom stereocenters. The largest absolute Gasteiger partial charge is 0.469 e. The standard InChI is InChI=1S/C17H21N3O3S2.ClH/c1-23-16(21)6-8-24-10-12-3-2-4-13(9-12)19-17(22)14-11-25-15(20-14)5-7-18;/h2-4,9,11H,5-8,10,18H2,1H3,(H,19,22);1H. The summed E-state index contributed by atoms with van der Waals surface area (Å²) in [6.45, 7) is 0.518. The van der Waals surface area contributed by atoms with Gasteiger partial charge in [0.25, 0.3) is 5.91 Å². The second-order valence-electron chi connectivity index (χ2n) is 5.20. The number of esters is 1. The average molecular weight is 416 g/mol. The first-order chi connectivity index (χ1) is 12.1. The summed E-state index contributed by atoms with van der Waals surface area (Å²) in [6, 6.07) is 7.65. The van der Waals surface area contributed by atoms with E-state index in [-0.39, 0.29) is 24.3 Å². The molecule has 0 saturated heterocycles. The highest BCUT2D eigenvalue weighted by Crippen LogP contribution is 2.18. The maximum absolute atomic E-state index is 12.3. The maximum atomic E-state index is 12.3. The van der Waals surface area contributed by atoms with Gasteiger partial charge in [0, 0.05) is 29.0 Å². The fourth-order valence-corrected chi connectivity index (χ4v) is 3.70. The van der Waals surface area contributed by atoms with Gasteiger partial charge in [-0.3, -0.25) is 9.59 Å². The number of carbonyl (C=O) groups is 2. The summed E-state index contributed by atoms with van der Waals surface area (Å²) in [5.74, 6) is 1.03. The number of halogens is 1. The highest BCUT2D eigenvalue weighted by molar-refractivity contribution is 7.98. The Kier molecular flexibility index (Phi) is 10.3. The molecule has 0 saturated carbocycles. The number of aromatic nitrogens is 1. The van der Waals surface area contributed by atoms with Gasteiger partial charge in [-0.05, 0) is 24.2 Å². The molecule has 0 spiro atoms. The predicted molar refractivity (Wildman–Crippen MR) is 109 cm³/mol. The van der Waals surface area contributed by atoms with Crippen molar-refractivity contribution in [1.82, 2.24) is 4.98 Å². The first-order valence-corrected chi connectivity index (χ1v) is 9.85. The molecule has 1 aromatic heterocycles. The van der Waals surface area contributed by atoms with Gasteiger partial charge in [0.2, 0.25) is 0 Å². The van der Waals surface area contributed by atoms with E-state index < -0.39 is 0 Å². The molecule has 1 aromatic carbocycles. The number of nitrogens with zero attached hydrogens (tertiary/aromatic N) is 1. The van der Waals surface area contributed by atoms with Gasteiger partial charge in [-0.25, -0.2) is 4.98 Å². The van der Waals surface area contributed by atoms with Gasteiger partial charge in [0.1, 0.15) is 5.69 Å². The monoisotopic (exact) mass is 415 g/mol. The minimum atomic E-state index is -0.227. The molecule has 0 radical (unpaired) electrons. The van der Waals surface area contributed by atoms with Crippen LogP contribution in [-0.4, -0.2) is 36.3 Å². The predicted octanol–water partition coefficient (Wildman–Crippen LogP) is 3.11. The molecule has 1 amide bonds. The number of nitrogens with two attached hydrogens (primary N) is 1. The summed E-state index contributed by atoms with van der Waals surface area (Å²) in [5.41, 5.74) is 7.71. The van der Waals surface area contributed by atoms with Crippen molar-refractivity contribution in [2.24, 2.45) is 5.73 Å². The van der Waals surface area contributed by atoms with E-state index in [0.717, 1.165) is 22.0 Å². The van der Waals surface area contributed by atoms with Crippen LogP contribution in [0.1, 0.15) is 27.5 Å². The first kappa shape index (κ1) is 22.4. The van der Waals surface area contributed by atoms with Crippen LogP contribution in [0.4, 0.5) is 5.69 Å². The fourth-order valence-electron chi connectivity index (χ4n) is 2.04. The number of anilines is 1. The number of thiazole rings is 1. The second-order valence-corrected chi connectivity index (χ2v) is 7.25. The Balaban J connectivity index is 0.00000338. The van der Waals surface area contributed by atoms with Crippen LogP contribution >= 0.6 is 35.5 Å². The van der Waals surface area contributed by atoms with E-state index in [4.69, 9.17) is 5.73 Å². The van der Waals surface area contributed by atoms with Crippen molar-refractivity contribution in [1.29, 1.82) is 0 Å². The summed E-state index contributed by atoms with van der Waals surface area (Å²) in [4.78, 5) is 27.6. The number of hydrogen-bond acceptors (Lipinski definition) is 7. The van der Waals surface area contributed by atoms with Crippen molar-refractivity contribution < 1.29 is 14.3 Å². The van der Waals surface area contributed by atoms with Gasteiger partial charge in [-0.2, -0.15) is 11.8 Å². The van der Waals surface area contributed by atoms with E-state index in [1.165, 1.54) is 18.4 Å². The van der Waals surface area contributed by atoms with Gasteiger partial charge in [0.05, 0.1) is 18.5 Å². The summed E-state index contributed by atoms with van der Waals surface area (Å²) in [5, 5.41) is 5.47. The van der Waals surface area contributed by atoms with E-state index >= 15 is 0 Å². The van der Waals surface area contributed by atoms with Crippen molar-refractivity contribution in [2.45, 2.75) is 18.6 Å². The fraction of sp³-hybridized carbons (Fsp3) is 0.353. The smallest absolute Gasteiger partial charge is 0.306 e. The zero-order chi connectivity index (χ0) is 18.1. The Morgan fingerprint density at radius 2 is 2.19 bits per heavy atom. The molecule has 0 atom stereocenters. The van der Waals surface area contributed by atoms with Crippen molar-refractivity contribution in [3.63, 3.8) is 0 Å². The summed E-state index contributed by atoms with van der Waals surface area (Å²) in [7, 11) is 1.39. The van der Waals surface area contributed by atoms with E-state index in [1.54, 1.807) is 17.1 Å². The van der Waals surface area contributed by atoms with Crippen molar-refractivity contribution in [3.05, 3.63) is 45.9 Å². The molecule has 142 valence electrons. The quantitative estimate of drug-likeness (QED) is 0.482. The lowest BCUT2D eigenvalue weighted by Gasteiger charge is -2.06. The third-order valence-corrected chi connectivity index (χ3v) is 5.21. The number of amides is 1. The number of rotatable bonds is 9. The number of methoxy groups -OCH3 is 1. The molecule has 0 aliphatic carbocycles. The zero-order valence-corrected chi connectivity index (χ0v) is 16.8. The molecule has 1 heterocycles. The number of thioether (sulfide) groups is 1. The lowest BCUT2D eigenvalue weighted by molar-refractivity contribution is -0.140. The molecular weight excluding hydrogens is 394 g/mol. The molecule has 2 rings (SSSR count). The second kappa shape index (κ2) is 11.9. The summed E-state index contributed by atoms with van der Waals surface area (Å²) >= 11 is 3.09. The van der Waals surface area contributed by atoms with Crippen LogP contribution in [0.3, 0.4) is 0 Å². The van der Waals surface area contributed by atoms with Crippen molar-refractivity contribution in [2.75, 3.05) is 24.7 Å². The van der Waals surface area contributed by atoms with Crippen LogP contribution < -0.4 is 11.1 Å². The van der Waals surface area contributed by atoms with Crippen molar-refractivity contribution >= 4 is 53.1 Å². The Labute approximate surface area is 167 Å². The normalized spacial score (nSPS) is 10.1. The number of ether oxygens (including phenoxy) is 1. The highest BCUT2D eigenvalue weighted by Gasteiger charge is 2.11. The molecular formula is C17H22ClN3O3S2. The van der Waals surface area contributed by atoms with Crippen LogP contribution in [0.25, 0.3) is 0 Å². The molecule has 0 bridgehead atoms. The Morgan fingerprint density at radius 1 is 1.38 bits per heavy atom. The summed E-state index contributed by atoms with van der Waals surface area (Å²) < 4.78 is 4.61. The highest BCUT2D eigenvalue weighted by atomic mass is 35.5. The first-order valence-electron chi connectivity index (χ1n) is 7.81. The van der Waals surface area contributed by atoms with Gasteiger partial charge in [0.15, 0.2) is 0 Å². The Hall–Kier alpha value is -1.61. The van der Waals surface area contributed by atoms with Crippen LogP contribution in [0.15, 0.2) is 29.6 Å². The molecule has 3 N–H and O–H groups in total. The van der Waals surface area contributed by atoms with Gasteiger partial charge >= 0.3 is 5.97 Å². The van der Waals surface area contributed by atoms with Gasteiger partial charge < -0.3 is 15.8 Å². The summed E-state index contributed by atoms with van der Waals surface area (Å²) in [6.07, 6.45) is 1.07.